The van der Waals surface area contributed by atoms with Crippen LogP contribution in [0.15, 0.2) is 47.4 Å². The number of hydrogen-bond donors (Lipinski definition) is 2. The first-order valence-electron chi connectivity index (χ1n) is 6.19. The maximum atomic E-state index is 11.9. The van der Waals surface area contributed by atoms with Crippen molar-refractivity contribution in [2.45, 2.75) is 11.8 Å². The second kappa shape index (κ2) is 5.57. The number of rotatable bonds is 4. The summed E-state index contributed by atoms with van der Waals surface area (Å²) in [6.07, 6.45) is 1.06. The molecule has 0 spiro atoms. The predicted molar refractivity (Wildman–Crippen MR) is 81.0 cm³/mol. The number of benzene rings is 2. The van der Waals surface area contributed by atoms with Gasteiger partial charge >= 0.3 is 5.97 Å². The lowest BCUT2D eigenvalue weighted by molar-refractivity contribution is 0.0696. The van der Waals surface area contributed by atoms with Gasteiger partial charge in [0.2, 0.25) is 0 Å². The Morgan fingerprint density at radius 1 is 1.14 bits per heavy atom. The normalized spacial score (nSPS) is 11.1. The zero-order valence-corrected chi connectivity index (χ0v) is 12.4. The van der Waals surface area contributed by atoms with Crippen molar-refractivity contribution in [3.63, 3.8) is 0 Å². The van der Waals surface area contributed by atoms with Gasteiger partial charge in [-0.15, -0.1) is 0 Å². The van der Waals surface area contributed by atoms with Gasteiger partial charge in [0.25, 0.3) is 0 Å². The second-order valence-corrected chi connectivity index (χ2v) is 6.72. The first-order valence-corrected chi connectivity index (χ1v) is 8.08. The molecule has 0 amide bonds. The zero-order valence-electron chi connectivity index (χ0n) is 11.6. The highest BCUT2D eigenvalue weighted by atomic mass is 32.2. The van der Waals surface area contributed by atoms with Crippen LogP contribution in [-0.2, 0) is 9.84 Å². The van der Waals surface area contributed by atoms with Crippen LogP contribution in [0.1, 0.15) is 15.9 Å². The van der Waals surface area contributed by atoms with Crippen molar-refractivity contribution >= 4 is 27.2 Å². The average Bonchev–Trinajstić information content (AvgIpc) is 2.38. The maximum absolute atomic E-state index is 11.9. The van der Waals surface area contributed by atoms with Crippen molar-refractivity contribution in [2.24, 2.45) is 0 Å². The lowest BCUT2D eigenvalue weighted by Crippen LogP contribution is -2.08. The van der Waals surface area contributed by atoms with E-state index >= 15 is 0 Å². The first-order chi connectivity index (χ1) is 9.79. The molecule has 0 atom stereocenters. The summed E-state index contributed by atoms with van der Waals surface area (Å²) in [5, 5.41) is 12.1. The summed E-state index contributed by atoms with van der Waals surface area (Å²) in [6, 6.07) is 11.8. The van der Waals surface area contributed by atoms with E-state index in [1.165, 1.54) is 12.1 Å². The first kappa shape index (κ1) is 15.1. The van der Waals surface area contributed by atoms with E-state index < -0.39 is 15.8 Å². The van der Waals surface area contributed by atoms with Crippen LogP contribution in [0.3, 0.4) is 0 Å². The average molecular weight is 305 g/mol. The number of carboxylic acids is 1. The van der Waals surface area contributed by atoms with Gasteiger partial charge in [0.1, 0.15) is 0 Å². The number of carboxylic acid groups (broad SMARTS) is 1. The number of anilines is 2. The van der Waals surface area contributed by atoms with Crippen molar-refractivity contribution in [2.75, 3.05) is 11.6 Å². The molecule has 21 heavy (non-hydrogen) atoms. The molecular weight excluding hydrogens is 290 g/mol. The lowest BCUT2D eigenvalue weighted by Gasteiger charge is -2.13. The number of aryl methyl sites for hydroxylation is 1. The Kier molecular flexibility index (Phi) is 3.99. The van der Waals surface area contributed by atoms with E-state index in [1.54, 1.807) is 19.1 Å². The van der Waals surface area contributed by atoms with Gasteiger partial charge < -0.3 is 10.4 Å². The zero-order chi connectivity index (χ0) is 15.6. The van der Waals surface area contributed by atoms with Gasteiger partial charge in [-0.1, -0.05) is 18.2 Å². The molecule has 0 heterocycles. The van der Waals surface area contributed by atoms with Gasteiger partial charge in [0.15, 0.2) is 9.84 Å². The summed E-state index contributed by atoms with van der Waals surface area (Å²) in [6.45, 7) is 1.63. The van der Waals surface area contributed by atoms with Gasteiger partial charge in [-0.25, -0.2) is 13.2 Å². The largest absolute Gasteiger partial charge is 0.478 e. The quantitative estimate of drug-likeness (QED) is 0.907. The van der Waals surface area contributed by atoms with Crippen molar-refractivity contribution in [1.29, 1.82) is 0 Å². The minimum absolute atomic E-state index is 0.0194. The summed E-state index contributed by atoms with van der Waals surface area (Å²) in [7, 11) is -3.55. The smallest absolute Gasteiger partial charge is 0.335 e. The molecule has 2 rings (SSSR count). The standard InChI is InChI=1S/C15H15NO4S/c1-10-8-13(16-11-6-4-3-5-7-11)14(21(2,19)20)9-12(10)15(17)18/h3-9,16H,1-2H3,(H,17,18). The van der Waals surface area contributed by atoms with Gasteiger partial charge in [0.05, 0.1) is 16.1 Å². The van der Waals surface area contributed by atoms with Crippen molar-refractivity contribution in [3.8, 4) is 0 Å². The van der Waals surface area contributed by atoms with Crippen molar-refractivity contribution < 1.29 is 18.3 Å². The van der Waals surface area contributed by atoms with Crippen molar-refractivity contribution in [3.05, 3.63) is 53.6 Å². The van der Waals surface area contributed by atoms with E-state index in [0.717, 1.165) is 11.9 Å². The minimum Gasteiger partial charge on any atom is -0.478 e. The molecule has 0 aliphatic carbocycles. The molecule has 0 bridgehead atoms. The monoisotopic (exact) mass is 305 g/mol. The van der Waals surface area contributed by atoms with Crippen LogP contribution >= 0.6 is 0 Å². The summed E-state index contributed by atoms with van der Waals surface area (Å²) in [5.41, 5.74) is 1.57. The summed E-state index contributed by atoms with van der Waals surface area (Å²) >= 11 is 0. The lowest BCUT2D eigenvalue weighted by atomic mass is 10.1. The molecule has 0 fully saturated rings. The SMILES string of the molecule is Cc1cc(Nc2ccccc2)c(S(C)(=O)=O)cc1C(=O)O. The minimum atomic E-state index is -3.55. The topological polar surface area (TPSA) is 83.5 Å². The number of sulfone groups is 1. The molecule has 2 N–H and O–H groups in total. The summed E-state index contributed by atoms with van der Waals surface area (Å²) in [4.78, 5) is 11.1. The molecule has 0 aromatic heterocycles. The molecule has 110 valence electrons. The van der Waals surface area contributed by atoms with Gasteiger partial charge in [-0.3, -0.25) is 0 Å². The highest BCUT2D eigenvalue weighted by Gasteiger charge is 2.19. The molecule has 0 unspecified atom stereocenters. The molecule has 2 aromatic rings. The molecule has 2 aromatic carbocycles. The number of nitrogens with one attached hydrogen (secondary N) is 1. The highest BCUT2D eigenvalue weighted by molar-refractivity contribution is 7.90. The molecule has 0 saturated carbocycles. The number of aromatic carboxylic acids is 1. The number of para-hydroxylation sites is 1. The predicted octanol–water partition coefficient (Wildman–Crippen LogP) is 2.84. The van der Waals surface area contributed by atoms with Crippen molar-refractivity contribution in [1.82, 2.24) is 0 Å². The molecule has 0 aliphatic rings. The fourth-order valence-corrected chi connectivity index (χ4v) is 2.84. The van der Waals surface area contributed by atoms with Crippen LogP contribution in [0.2, 0.25) is 0 Å². The Hall–Kier alpha value is -2.34. The second-order valence-electron chi connectivity index (χ2n) is 4.73. The van der Waals surface area contributed by atoms with E-state index in [9.17, 15) is 13.2 Å². The number of hydrogen-bond acceptors (Lipinski definition) is 4. The Balaban J connectivity index is 2.59. The Morgan fingerprint density at radius 2 is 1.76 bits per heavy atom. The van der Waals surface area contributed by atoms with Crippen LogP contribution in [0, 0.1) is 6.92 Å². The molecule has 6 heteroatoms. The van der Waals surface area contributed by atoms with Crippen LogP contribution in [-0.4, -0.2) is 25.7 Å². The molecule has 0 radical (unpaired) electrons. The van der Waals surface area contributed by atoms with Crippen LogP contribution in [0.25, 0.3) is 0 Å². The highest BCUT2D eigenvalue weighted by Crippen LogP contribution is 2.28. The fourth-order valence-electron chi connectivity index (χ4n) is 2.00. The number of carbonyl (C=O) groups is 1. The third-order valence-electron chi connectivity index (χ3n) is 3.01. The Morgan fingerprint density at radius 3 is 2.29 bits per heavy atom. The van der Waals surface area contributed by atoms with E-state index in [2.05, 4.69) is 5.32 Å². The van der Waals surface area contributed by atoms with Gasteiger partial charge in [-0.2, -0.15) is 0 Å². The van der Waals surface area contributed by atoms with Crippen LogP contribution in [0.5, 0.6) is 0 Å². The summed E-state index contributed by atoms with van der Waals surface area (Å²) in [5.74, 6) is -1.15. The van der Waals surface area contributed by atoms with E-state index in [-0.39, 0.29) is 10.5 Å². The third-order valence-corrected chi connectivity index (χ3v) is 4.15. The fraction of sp³-hybridized carbons (Fsp3) is 0.133. The summed E-state index contributed by atoms with van der Waals surface area (Å²) < 4.78 is 23.8. The molecule has 0 saturated heterocycles. The van der Waals surface area contributed by atoms with Crippen LogP contribution < -0.4 is 5.32 Å². The molecular formula is C15H15NO4S. The van der Waals surface area contributed by atoms with E-state index in [0.29, 0.717) is 11.3 Å². The van der Waals surface area contributed by atoms with Crippen LogP contribution in [0.4, 0.5) is 11.4 Å². The molecule has 5 nitrogen and oxygen atoms in total. The molecule has 0 aliphatic heterocycles. The Bertz CT molecular complexity index is 783. The maximum Gasteiger partial charge on any atom is 0.335 e. The van der Waals surface area contributed by atoms with E-state index in [4.69, 9.17) is 5.11 Å². The van der Waals surface area contributed by atoms with E-state index in [1.807, 2.05) is 18.2 Å². The third kappa shape index (κ3) is 3.41. The van der Waals surface area contributed by atoms with Gasteiger partial charge in [-0.05, 0) is 36.8 Å². The van der Waals surface area contributed by atoms with Gasteiger partial charge in [0, 0.05) is 11.9 Å². The Labute approximate surface area is 123 Å².